The summed E-state index contributed by atoms with van der Waals surface area (Å²) in [6.07, 6.45) is 3.71. The number of nitrogens with zero attached hydrogens (tertiary/aromatic N) is 1. The minimum Gasteiger partial charge on any atom is -0.396 e. The Morgan fingerprint density at radius 3 is 2.71 bits per heavy atom. The number of benzene rings is 1. The number of carbonyl (C=O) groups is 1. The maximum atomic E-state index is 13.0. The first-order chi connectivity index (χ1) is 14.7. The third kappa shape index (κ3) is 5.02. The van der Waals surface area contributed by atoms with Crippen LogP contribution in [0.1, 0.15) is 66.1 Å². The molecule has 0 bridgehead atoms. The van der Waals surface area contributed by atoms with E-state index in [4.69, 9.17) is 4.98 Å². The lowest BCUT2D eigenvalue weighted by Crippen LogP contribution is -2.28. The molecule has 1 aliphatic rings. The van der Waals surface area contributed by atoms with Crippen molar-refractivity contribution in [2.75, 3.05) is 6.61 Å². The smallest absolute Gasteiger partial charge is 0.261 e. The summed E-state index contributed by atoms with van der Waals surface area (Å²) < 4.78 is 0.985. The number of aliphatic hydroxyl groups is 1. The normalized spacial score (nSPS) is 17.4. The van der Waals surface area contributed by atoms with Gasteiger partial charge < -0.3 is 10.4 Å². The van der Waals surface area contributed by atoms with Gasteiger partial charge in [-0.05, 0) is 72.4 Å². The fraction of sp³-hybridized carbons (Fsp3) is 0.440. The van der Waals surface area contributed by atoms with Crippen molar-refractivity contribution < 1.29 is 9.90 Å². The summed E-state index contributed by atoms with van der Waals surface area (Å²) in [7, 11) is 0. The Hall–Kier alpha value is -1.76. The maximum absolute atomic E-state index is 13.0. The highest BCUT2D eigenvalue weighted by molar-refractivity contribution is 9.10. The molecule has 2 atom stereocenters. The average molecular weight is 501 g/mol. The standard InChI is InChI=1S/C25H29BrN2O2S/c1-25(2,3)18-6-9-20-16(13-18)12-17-14-22(31-24(17)28-20)23(30)27-21(10-11-29)15-4-7-19(26)8-5-15/h4-5,7-8,12,14,18,21,29H,6,9-11,13H2,1-3H3,(H,27,30)/t18-,21?/m0/s1. The number of halogens is 1. The number of fused-ring (bicyclic) bond motifs is 2. The van der Waals surface area contributed by atoms with Crippen LogP contribution in [-0.2, 0) is 12.8 Å². The van der Waals surface area contributed by atoms with Gasteiger partial charge in [0.2, 0.25) is 0 Å². The Labute approximate surface area is 196 Å². The Balaban J connectivity index is 1.56. The number of carbonyl (C=O) groups excluding carboxylic acids is 1. The van der Waals surface area contributed by atoms with Gasteiger partial charge in [0.15, 0.2) is 0 Å². The monoisotopic (exact) mass is 500 g/mol. The Morgan fingerprint density at radius 2 is 2.03 bits per heavy atom. The molecule has 4 nitrogen and oxygen atoms in total. The number of hydrogen-bond acceptors (Lipinski definition) is 4. The minimum absolute atomic E-state index is 0.0106. The maximum Gasteiger partial charge on any atom is 0.261 e. The second kappa shape index (κ2) is 9.00. The largest absolute Gasteiger partial charge is 0.396 e. The number of hydrogen-bond donors (Lipinski definition) is 2. The molecule has 0 aliphatic heterocycles. The molecule has 164 valence electrons. The van der Waals surface area contributed by atoms with Crippen molar-refractivity contribution >= 4 is 43.4 Å². The molecular formula is C25H29BrN2O2S. The minimum atomic E-state index is -0.232. The van der Waals surface area contributed by atoms with Crippen LogP contribution in [0.5, 0.6) is 0 Å². The van der Waals surface area contributed by atoms with Crippen molar-refractivity contribution in [2.45, 2.75) is 52.5 Å². The summed E-state index contributed by atoms with van der Waals surface area (Å²) in [6.45, 7) is 6.96. The molecule has 4 rings (SSSR count). The summed E-state index contributed by atoms with van der Waals surface area (Å²) in [4.78, 5) is 19.5. The molecule has 0 radical (unpaired) electrons. The van der Waals surface area contributed by atoms with Gasteiger partial charge in [0.25, 0.3) is 5.91 Å². The van der Waals surface area contributed by atoms with Gasteiger partial charge in [-0.3, -0.25) is 4.79 Å². The number of aliphatic hydroxyl groups excluding tert-OH is 1. The molecule has 1 amide bonds. The van der Waals surface area contributed by atoms with Gasteiger partial charge in [0, 0.05) is 22.2 Å². The first-order valence-corrected chi connectivity index (χ1v) is 12.4. The topological polar surface area (TPSA) is 62.2 Å². The SMILES string of the molecule is CC(C)(C)[C@H]1CCc2nc3sc(C(=O)NC(CCO)c4ccc(Br)cc4)cc3cc2C1. The summed E-state index contributed by atoms with van der Waals surface area (Å²) in [5.41, 5.74) is 3.79. The van der Waals surface area contributed by atoms with Crippen LogP contribution in [0, 0.1) is 11.3 Å². The summed E-state index contributed by atoms with van der Waals surface area (Å²) in [6, 6.07) is 11.8. The van der Waals surface area contributed by atoms with Crippen molar-refractivity contribution in [1.82, 2.24) is 10.3 Å². The third-order valence-corrected chi connectivity index (χ3v) is 7.89. The van der Waals surface area contributed by atoms with Crippen molar-refractivity contribution in [3.05, 3.63) is 62.6 Å². The molecule has 3 aromatic rings. The highest BCUT2D eigenvalue weighted by Crippen LogP contribution is 2.38. The quantitative estimate of drug-likeness (QED) is 0.447. The van der Waals surface area contributed by atoms with Gasteiger partial charge >= 0.3 is 0 Å². The fourth-order valence-electron chi connectivity index (χ4n) is 4.35. The first-order valence-electron chi connectivity index (χ1n) is 10.8. The summed E-state index contributed by atoms with van der Waals surface area (Å²) in [5.74, 6) is 0.542. The molecule has 1 aliphatic carbocycles. The molecule has 0 fully saturated rings. The second-order valence-electron chi connectivity index (χ2n) is 9.49. The summed E-state index contributed by atoms with van der Waals surface area (Å²) >= 11 is 4.89. The lowest BCUT2D eigenvalue weighted by Gasteiger charge is -2.34. The van der Waals surface area contributed by atoms with E-state index in [0.717, 1.165) is 33.1 Å². The molecule has 1 unspecified atom stereocenters. The van der Waals surface area contributed by atoms with E-state index < -0.39 is 0 Å². The van der Waals surface area contributed by atoms with E-state index in [2.05, 4.69) is 48.1 Å². The van der Waals surface area contributed by atoms with Crippen LogP contribution in [0.15, 0.2) is 40.9 Å². The highest BCUT2D eigenvalue weighted by Gasteiger charge is 2.29. The third-order valence-electron chi connectivity index (χ3n) is 6.32. The molecule has 2 aromatic heterocycles. The number of rotatable bonds is 5. The van der Waals surface area contributed by atoms with E-state index in [1.54, 1.807) is 0 Å². The van der Waals surface area contributed by atoms with E-state index in [1.807, 2.05) is 30.3 Å². The Bertz CT molecular complexity index is 1090. The van der Waals surface area contributed by atoms with Crippen LogP contribution < -0.4 is 5.32 Å². The van der Waals surface area contributed by atoms with Crippen LogP contribution in [0.2, 0.25) is 0 Å². The zero-order valence-corrected chi connectivity index (χ0v) is 20.6. The number of aromatic nitrogens is 1. The van der Waals surface area contributed by atoms with Crippen molar-refractivity contribution in [2.24, 2.45) is 11.3 Å². The van der Waals surface area contributed by atoms with Crippen molar-refractivity contribution in [1.29, 1.82) is 0 Å². The Morgan fingerprint density at radius 1 is 1.29 bits per heavy atom. The number of amides is 1. The Kier molecular flexibility index (Phi) is 6.52. The van der Waals surface area contributed by atoms with E-state index in [-0.39, 0.29) is 18.6 Å². The van der Waals surface area contributed by atoms with Gasteiger partial charge in [-0.25, -0.2) is 4.98 Å². The van der Waals surface area contributed by atoms with Gasteiger partial charge in [0.1, 0.15) is 4.83 Å². The number of nitrogens with one attached hydrogen (secondary N) is 1. The molecule has 1 aromatic carbocycles. The van der Waals surface area contributed by atoms with Gasteiger partial charge in [0.05, 0.1) is 10.9 Å². The van der Waals surface area contributed by atoms with E-state index >= 15 is 0 Å². The predicted molar refractivity (Wildman–Crippen MR) is 131 cm³/mol. The van der Waals surface area contributed by atoms with Crippen LogP contribution in [0.4, 0.5) is 0 Å². The number of thiophene rings is 1. The summed E-state index contributed by atoms with van der Waals surface area (Å²) in [5, 5.41) is 13.6. The van der Waals surface area contributed by atoms with Crippen molar-refractivity contribution in [3.63, 3.8) is 0 Å². The highest BCUT2D eigenvalue weighted by atomic mass is 79.9. The molecule has 0 saturated carbocycles. The van der Waals surface area contributed by atoms with Crippen LogP contribution >= 0.6 is 27.3 Å². The first kappa shape index (κ1) is 22.4. The van der Waals surface area contributed by atoms with Crippen LogP contribution in [0.25, 0.3) is 10.2 Å². The zero-order valence-electron chi connectivity index (χ0n) is 18.2. The van der Waals surface area contributed by atoms with Gasteiger partial charge in [-0.15, -0.1) is 11.3 Å². The molecule has 2 N–H and O–H groups in total. The molecule has 2 heterocycles. The lowest BCUT2D eigenvalue weighted by molar-refractivity contribution is 0.0934. The molecular weight excluding hydrogens is 472 g/mol. The van der Waals surface area contributed by atoms with E-state index in [9.17, 15) is 9.90 Å². The second-order valence-corrected chi connectivity index (χ2v) is 11.4. The molecule has 6 heteroatoms. The predicted octanol–water partition coefficient (Wildman–Crippen LogP) is 6.06. The van der Waals surface area contributed by atoms with Gasteiger partial charge in [-0.2, -0.15) is 0 Å². The molecule has 31 heavy (non-hydrogen) atoms. The lowest BCUT2D eigenvalue weighted by atomic mass is 9.71. The number of pyridine rings is 1. The van der Waals surface area contributed by atoms with Gasteiger partial charge in [-0.1, -0.05) is 48.8 Å². The fourth-order valence-corrected chi connectivity index (χ4v) is 5.55. The van der Waals surface area contributed by atoms with E-state index in [0.29, 0.717) is 22.6 Å². The van der Waals surface area contributed by atoms with E-state index in [1.165, 1.54) is 29.0 Å². The van der Waals surface area contributed by atoms with Crippen LogP contribution in [0.3, 0.4) is 0 Å². The number of aryl methyl sites for hydroxylation is 1. The molecule has 0 saturated heterocycles. The zero-order chi connectivity index (χ0) is 22.2. The van der Waals surface area contributed by atoms with Crippen LogP contribution in [-0.4, -0.2) is 22.6 Å². The average Bonchev–Trinajstić information content (AvgIpc) is 3.14. The van der Waals surface area contributed by atoms with Crippen molar-refractivity contribution in [3.8, 4) is 0 Å². The molecule has 0 spiro atoms.